The van der Waals surface area contributed by atoms with Crippen LogP contribution in [0, 0.1) is 0 Å². The molecular weight excluding hydrogens is 266 g/mol. The molecule has 4 heteroatoms. The second-order valence-corrected chi connectivity index (χ2v) is 4.81. The number of benzene rings is 2. The maximum absolute atomic E-state index is 11.5. The van der Waals surface area contributed by atoms with Crippen LogP contribution in [0.25, 0.3) is 0 Å². The third kappa shape index (κ3) is 4.18. The summed E-state index contributed by atoms with van der Waals surface area (Å²) in [6, 6.07) is 17.8. The Hall–Kier alpha value is -2.62. The first-order valence-corrected chi connectivity index (χ1v) is 6.72. The number of carboxylic acid groups (broad SMARTS) is 1. The molecular formula is C17H17NO3. The summed E-state index contributed by atoms with van der Waals surface area (Å²) in [5.74, 6) is -0.998. The highest BCUT2D eigenvalue weighted by Crippen LogP contribution is 2.12. The van der Waals surface area contributed by atoms with Crippen molar-refractivity contribution in [3.63, 3.8) is 0 Å². The predicted molar refractivity (Wildman–Crippen MR) is 79.6 cm³/mol. The van der Waals surface area contributed by atoms with E-state index in [-0.39, 0.29) is 6.54 Å². The summed E-state index contributed by atoms with van der Waals surface area (Å²) in [6.07, 6.45) is 0.899. The summed E-state index contributed by atoms with van der Waals surface area (Å²) in [5.41, 5.74) is 1.80. The van der Waals surface area contributed by atoms with Gasteiger partial charge in [0.25, 0.3) is 0 Å². The van der Waals surface area contributed by atoms with E-state index >= 15 is 0 Å². The molecule has 2 aromatic rings. The minimum Gasteiger partial charge on any atom is -0.480 e. The Bertz CT molecular complexity index is 583. The molecule has 0 unspecified atom stereocenters. The molecule has 2 rings (SSSR count). The highest BCUT2D eigenvalue weighted by atomic mass is 16.4. The Morgan fingerprint density at radius 2 is 1.52 bits per heavy atom. The second kappa shape index (κ2) is 7.24. The standard InChI is InChI=1S/C17H17NO3/c19-13-18(12-15-9-5-2-6-10-15)16(17(20)21)11-14-7-3-1-4-8-14/h1-10,13,16H,11-12H2,(H,20,21)/t16-/m0/s1. The SMILES string of the molecule is O=CN(Cc1ccccc1)[C@@H](Cc1ccccc1)C(=O)O. The van der Waals surface area contributed by atoms with Crippen molar-refractivity contribution >= 4 is 12.4 Å². The van der Waals surface area contributed by atoms with Crippen LogP contribution >= 0.6 is 0 Å². The number of carboxylic acids is 1. The molecule has 4 nitrogen and oxygen atoms in total. The van der Waals surface area contributed by atoms with Gasteiger partial charge in [-0.2, -0.15) is 0 Å². The number of carbonyl (C=O) groups is 2. The molecule has 0 bridgehead atoms. The van der Waals surface area contributed by atoms with Crippen molar-refractivity contribution < 1.29 is 14.7 Å². The van der Waals surface area contributed by atoms with Crippen molar-refractivity contribution in [2.45, 2.75) is 19.0 Å². The smallest absolute Gasteiger partial charge is 0.326 e. The summed E-state index contributed by atoms with van der Waals surface area (Å²) in [5, 5.41) is 9.41. The monoisotopic (exact) mass is 283 g/mol. The minimum absolute atomic E-state index is 0.286. The fourth-order valence-corrected chi connectivity index (χ4v) is 2.20. The third-order valence-electron chi connectivity index (χ3n) is 3.30. The Morgan fingerprint density at radius 1 is 1.00 bits per heavy atom. The van der Waals surface area contributed by atoms with Crippen LogP contribution < -0.4 is 0 Å². The molecule has 0 aliphatic carbocycles. The normalized spacial score (nSPS) is 11.6. The van der Waals surface area contributed by atoms with E-state index in [4.69, 9.17) is 0 Å². The molecule has 0 heterocycles. The molecule has 0 saturated carbocycles. The molecule has 1 amide bonds. The minimum atomic E-state index is -0.998. The van der Waals surface area contributed by atoms with E-state index in [1.807, 2.05) is 60.7 Å². The zero-order valence-electron chi connectivity index (χ0n) is 11.6. The van der Waals surface area contributed by atoms with Gasteiger partial charge in [-0.15, -0.1) is 0 Å². The van der Waals surface area contributed by atoms with Crippen molar-refractivity contribution in [3.8, 4) is 0 Å². The fourth-order valence-electron chi connectivity index (χ4n) is 2.20. The molecule has 1 N–H and O–H groups in total. The van der Waals surface area contributed by atoms with E-state index in [0.717, 1.165) is 11.1 Å². The van der Waals surface area contributed by atoms with Crippen LogP contribution in [0.3, 0.4) is 0 Å². The lowest BCUT2D eigenvalue weighted by Crippen LogP contribution is -2.41. The topological polar surface area (TPSA) is 57.6 Å². The van der Waals surface area contributed by atoms with E-state index < -0.39 is 12.0 Å². The maximum Gasteiger partial charge on any atom is 0.326 e. The highest BCUT2D eigenvalue weighted by Gasteiger charge is 2.24. The first-order valence-electron chi connectivity index (χ1n) is 6.72. The molecule has 0 aromatic heterocycles. The van der Waals surface area contributed by atoms with Gasteiger partial charge in [-0.25, -0.2) is 4.79 Å². The largest absolute Gasteiger partial charge is 0.480 e. The number of aliphatic carboxylic acids is 1. The second-order valence-electron chi connectivity index (χ2n) is 4.81. The molecule has 108 valence electrons. The molecule has 21 heavy (non-hydrogen) atoms. The summed E-state index contributed by atoms with van der Waals surface area (Å²) in [4.78, 5) is 24.1. The zero-order chi connectivity index (χ0) is 15.1. The first-order chi connectivity index (χ1) is 10.2. The average molecular weight is 283 g/mol. The van der Waals surface area contributed by atoms with Crippen molar-refractivity contribution in [1.82, 2.24) is 4.90 Å². The lowest BCUT2D eigenvalue weighted by Gasteiger charge is -2.25. The van der Waals surface area contributed by atoms with Crippen LogP contribution in [0.4, 0.5) is 0 Å². The van der Waals surface area contributed by atoms with Crippen LogP contribution in [0.2, 0.25) is 0 Å². The van der Waals surface area contributed by atoms with E-state index in [0.29, 0.717) is 12.8 Å². The van der Waals surface area contributed by atoms with Gasteiger partial charge in [0.05, 0.1) is 0 Å². The number of hydrogen-bond donors (Lipinski definition) is 1. The molecule has 0 aliphatic heterocycles. The fraction of sp³-hybridized carbons (Fsp3) is 0.176. The van der Waals surface area contributed by atoms with Crippen LogP contribution in [0.1, 0.15) is 11.1 Å². The van der Waals surface area contributed by atoms with Gasteiger partial charge in [0.1, 0.15) is 6.04 Å². The molecule has 2 aromatic carbocycles. The van der Waals surface area contributed by atoms with Crippen molar-refractivity contribution in [2.24, 2.45) is 0 Å². The van der Waals surface area contributed by atoms with Gasteiger partial charge in [-0.05, 0) is 11.1 Å². The molecule has 1 atom stereocenters. The molecule has 0 fully saturated rings. The van der Waals surface area contributed by atoms with Gasteiger partial charge in [-0.1, -0.05) is 60.7 Å². The third-order valence-corrected chi connectivity index (χ3v) is 3.30. The zero-order valence-corrected chi connectivity index (χ0v) is 11.6. The van der Waals surface area contributed by atoms with Gasteiger partial charge >= 0.3 is 5.97 Å². The first kappa shape index (κ1) is 14.8. The van der Waals surface area contributed by atoms with Gasteiger partial charge in [-0.3, -0.25) is 4.79 Å². The highest BCUT2D eigenvalue weighted by molar-refractivity contribution is 5.76. The summed E-state index contributed by atoms with van der Waals surface area (Å²) in [6.45, 7) is 0.286. The Morgan fingerprint density at radius 3 is 2.00 bits per heavy atom. The van der Waals surface area contributed by atoms with E-state index in [1.165, 1.54) is 4.90 Å². The van der Waals surface area contributed by atoms with Gasteiger partial charge in [0, 0.05) is 13.0 Å². The molecule has 0 aliphatic rings. The van der Waals surface area contributed by atoms with Crippen molar-refractivity contribution in [1.29, 1.82) is 0 Å². The van der Waals surface area contributed by atoms with Crippen LogP contribution in [0.15, 0.2) is 60.7 Å². The lowest BCUT2D eigenvalue weighted by molar-refractivity contribution is -0.146. The van der Waals surface area contributed by atoms with Gasteiger partial charge < -0.3 is 10.0 Å². The summed E-state index contributed by atoms with van der Waals surface area (Å²) < 4.78 is 0. The Kier molecular flexibility index (Phi) is 5.10. The average Bonchev–Trinajstić information content (AvgIpc) is 2.52. The summed E-state index contributed by atoms with van der Waals surface area (Å²) >= 11 is 0. The van der Waals surface area contributed by atoms with E-state index in [2.05, 4.69) is 0 Å². The van der Waals surface area contributed by atoms with Crippen LogP contribution in [-0.2, 0) is 22.6 Å². The number of amides is 1. The summed E-state index contributed by atoms with van der Waals surface area (Å²) in [7, 11) is 0. The Balaban J connectivity index is 2.15. The van der Waals surface area contributed by atoms with Crippen LogP contribution in [-0.4, -0.2) is 28.4 Å². The molecule has 0 radical (unpaired) electrons. The van der Waals surface area contributed by atoms with Gasteiger partial charge in [0.15, 0.2) is 0 Å². The number of nitrogens with zero attached hydrogens (tertiary/aromatic N) is 1. The van der Waals surface area contributed by atoms with Crippen molar-refractivity contribution in [2.75, 3.05) is 0 Å². The van der Waals surface area contributed by atoms with E-state index in [1.54, 1.807) is 0 Å². The quantitative estimate of drug-likeness (QED) is 0.793. The maximum atomic E-state index is 11.5. The lowest BCUT2D eigenvalue weighted by atomic mass is 10.0. The van der Waals surface area contributed by atoms with Crippen molar-refractivity contribution in [3.05, 3.63) is 71.8 Å². The number of carbonyl (C=O) groups excluding carboxylic acids is 1. The predicted octanol–water partition coefficient (Wildman–Crippen LogP) is 2.34. The molecule has 0 saturated heterocycles. The molecule has 0 spiro atoms. The van der Waals surface area contributed by atoms with E-state index in [9.17, 15) is 14.7 Å². The van der Waals surface area contributed by atoms with Crippen LogP contribution in [0.5, 0.6) is 0 Å². The number of hydrogen-bond acceptors (Lipinski definition) is 2. The number of rotatable bonds is 7. The Labute approximate surface area is 123 Å². The van der Waals surface area contributed by atoms with Gasteiger partial charge in [0.2, 0.25) is 6.41 Å².